The van der Waals surface area contributed by atoms with E-state index >= 15 is 0 Å². The maximum absolute atomic E-state index is 5.64. The summed E-state index contributed by atoms with van der Waals surface area (Å²) in [5.41, 5.74) is 1.23. The number of hydrogen-bond acceptors (Lipinski definition) is 5. The Morgan fingerprint density at radius 1 is 1.19 bits per heavy atom. The minimum atomic E-state index is 0.198. The van der Waals surface area contributed by atoms with Gasteiger partial charge in [-0.25, -0.2) is 0 Å². The van der Waals surface area contributed by atoms with Gasteiger partial charge in [-0.05, 0) is 45.4 Å². The Hall–Kier alpha value is -1.88. The van der Waals surface area contributed by atoms with Gasteiger partial charge in [-0.2, -0.15) is 4.98 Å². The average Bonchev–Trinajstić information content (AvgIpc) is 2.84. The Labute approximate surface area is 125 Å². The molecule has 1 aromatic carbocycles. The van der Waals surface area contributed by atoms with Crippen LogP contribution in [-0.2, 0) is 6.42 Å². The van der Waals surface area contributed by atoms with Gasteiger partial charge in [0.15, 0.2) is 5.82 Å². The first-order valence-corrected chi connectivity index (χ1v) is 7.34. The van der Waals surface area contributed by atoms with Crippen LogP contribution in [0.2, 0.25) is 0 Å². The first-order chi connectivity index (χ1) is 10.0. The second-order valence-electron chi connectivity index (χ2n) is 5.40. The third-order valence-electron chi connectivity index (χ3n) is 3.11. The van der Waals surface area contributed by atoms with E-state index in [-0.39, 0.29) is 12.1 Å². The van der Waals surface area contributed by atoms with Crippen molar-refractivity contribution in [3.63, 3.8) is 0 Å². The second kappa shape index (κ2) is 7.22. The van der Waals surface area contributed by atoms with Crippen LogP contribution in [-0.4, -0.2) is 22.8 Å². The number of hydrogen-bond donors (Lipinski definition) is 1. The number of ether oxygens (including phenoxy) is 1. The van der Waals surface area contributed by atoms with E-state index in [1.807, 2.05) is 32.9 Å². The fourth-order valence-electron chi connectivity index (χ4n) is 2.06. The minimum absolute atomic E-state index is 0.198. The largest absolute Gasteiger partial charge is 0.491 e. The van der Waals surface area contributed by atoms with Crippen LogP contribution >= 0.6 is 0 Å². The highest BCUT2D eigenvalue weighted by molar-refractivity contribution is 5.29. The maximum atomic E-state index is 5.64. The van der Waals surface area contributed by atoms with E-state index in [9.17, 15) is 0 Å². The van der Waals surface area contributed by atoms with Gasteiger partial charge < -0.3 is 14.6 Å². The predicted octanol–water partition coefficient (Wildman–Crippen LogP) is 3.06. The smallest absolute Gasteiger partial charge is 0.227 e. The van der Waals surface area contributed by atoms with E-state index in [1.165, 1.54) is 5.56 Å². The van der Waals surface area contributed by atoms with Gasteiger partial charge in [-0.15, -0.1) is 0 Å². The molecule has 0 aliphatic rings. The third kappa shape index (κ3) is 4.86. The Morgan fingerprint density at radius 3 is 2.48 bits per heavy atom. The Bertz CT molecular complexity index is 549. The van der Waals surface area contributed by atoms with Crippen molar-refractivity contribution in [2.75, 3.05) is 6.54 Å². The summed E-state index contributed by atoms with van der Waals surface area (Å²) in [4.78, 5) is 4.19. The molecule has 0 aliphatic heterocycles. The van der Waals surface area contributed by atoms with E-state index in [4.69, 9.17) is 9.26 Å². The first-order valence-electron chi connectivity index (χ1n) is 7.34. The molecule has 0 amide bonds. The normalized spacial score (nSPS) is 12.6. The van der Waals surface area contributed by atoms with Crippen LogP contribution in [0.25, 0.3) is 0 Å². The third-order valence-corrected chi connectivity index (χ3v) is 3.11. The lowest BCUT2D eigenvalue weighted by Gasteiger charge is -2.15. The summed E-state index contributed by atoms with van der Waals surface area (Å²) >= 11 is 0. The van der Waals surface area contributed by atoms with E-state index < -0.39 is 0 Å². The number of aryl methyl sites for hydroxylation is 1. The summed E-state index contributed by atoms with van der Waals surface area (Å²) in [7, 11) is 0. The number of nitrogens with one attached hydrogen (secondary N) is 1. The molecule has 0 radical (unpaired) electrons. The maximum Gasteiger partial charge on any atom is 0.227 e. The molecule has 21 heavy (non-hydrogen) atoms. The molecule has 1 aromatic heterocycles. The molecule has 0 bridgehead atoms. The monoisotopic (exact) mass is 289 g/mol. The van der Waals surface area contributed by atoms with Crippen LogP contribution in [0.4, 0.5) is 0 Å². The molecule has 1 unspecified atom stereocenters. The lowest BCUT2D eigenvalue weighted by atomic mass is 10.1. The molecule has 1 N–H and O–H groups in total. The van der Waals surface area contributed by atoms with Crippen LogP contribution in [0.1, 0.15) is 44.1 Å². The van der Waals surface area contributed by atoms with E-state index in [0.29, 0.717) is 11.7 Å². The Morgan fingerprint density at radius 2 is 1.90 bits per heavy atom. The minimum Gasteiger partial charge on any atom is -0.491 e. The summed E-state index contributed by atoms with van der Waals surface area (Å²) in [5.74, 6) is 2.26. The van der Waals surface area contributed by atoms with Gasteiger partial charge in [-0.3, -0.25) is 0 Å². The fraction of sp³-hybridized carbons (Fsp3) is 0.500. The highest BCUT2D eigenvalue weighted by Crippen LogP contribution is 2.18. The molecule has 1 atom stereocenters. The van der Waals surface area contributed by atoms with E-state index in [2.05, 4.69) is 34.5 Å². The highest BCUT2D eigenvalue weighted by atomic mass is 16.5. The molecule has 5 heteroatoms. The number of rotatable bonds is 7. The van der Waals surface area contributed by atoms with Crippen molar-refractivity contribution in [2.24, 2.45) is 0 Å². The molecule has 2 aromatic rings. The van der Waals surface area contributed by atoms with Crippen molar-refractivity contribution in [1.82, 2.24) is 15.5 Å². The Kier molecular flexibility index (Phi) is 5.33. The molecule has 0 aliphatic carbocycles. The van der Waals surface area contributed by atoms with Crippen molar-refractivity contribution >= 4 is 0 Å². The molecule has 114 valence electrons. The van der Waals surface area contributed by atoms with Crippen molar-refractivity contribution in [3.05, 3.63) is 41.5 Å². The quantitative estimate of drug-likeness (QED) is 0.849. The molecular formula is C16H23N3O2. The zero-order chi connectivity index (χ0) is 15.2. The number of aromatic nitrogens is 2. The van der Waals surface area contributed by atoms with Gasteiger partial charge in [0.2, 0.25) is 5.89 Å². The summed E-state index contributed by atoms with van der Waals surface area (Å²) in [6.07, 6.45) is 0.934. The van der Waals surface area contributed by atoms with Gasteiger partial charge in [0.25, 0.3) is 0 Å². The van der Waals surface area contributed by atoms with Crippen molar-refractivity contribution in [1.29, 1.82) is 0 Å². The number of nitrogens with zero attached hydrogens (tertiary/aromatic N) is 2. The molecule has 2 rings (SSSR count). The first kappa shape index (κ1) is 15.5. The summed E-state index contributed by atoms with van der Waals surface area (Å²) in [5, 5.41) is 7.23. The van der Waals surface area contributed by atoms with Crippen LogP contribution in [0.3, 0.4) is 0 Å². The lowest BCUT2D eigenvalue weighted by Crippen LogP contribution is -2.21. The zero-order valence-electron chi connectivity index (χ0n) is 13.1. The van der Waals surface area contributed by atoms with Crippen LogP contribution < -0.4 is 10.1 Å². The fourth-order valence-corrected chi connectivity index (χ4v) is 2.06. The van der Waals surface area contributed by atoms with Crippen LogP contribution in [0, 0.1) is 6.92 Å². The lowest BCUT2D eigenvalue weighted by molar-refractivity contribution is 0.242. The van der Waals surface area contributed by atoms with Crippen LogP contribution in [0.5, 0.6) is 5.75 Å². The molecule has 5 nitrogen and oxygen atoms in total. The van der Waals surface area contributed by atoms with Crippen molar-refractivity contribution in [2.45, 2.75) is 46.3 Å². The topological polar surface area (TPSA) is 60.2 Å². The van der Waals surface area contributed by atoms with E-state index in [0.717, 1.165) is 18.7 Å². The number of benzene rings is 1. The average molecular weight is 289 g/mol. The summed E-state index contributed by atoms with van der Waals surface area (Å²) in [6, 6.07) is 8.46. The molecular weight excluding hydrogens is 266 g/mol. The van der Waals surface area contributed by atoms with Gasteiger partial charge in [-0.1, -0.05) is 17.3 Å². The zero-order valence-corrected chi connectivity index (χ0v) is 13.1. The predicted molar refractivity (Wildman–Crippen MR) is 81.4 cm³/mol. The molecule has 0 fully saturated rings. The van der Waals surface area contributed by atoms with Gasteiger partial charge >= 0.3 is 0 Å². The van der Waals surface area contributed by atoms with Gasteiger partial charge in [0.1, 0.15) is 5.75 Å². The highest BCUT2D eigenvalue weighted by Gasteiger charge is 2.07. The van der Waals surface area contributed by atoms with Gasteiger partial charge in [0.05, 0.1) is 6.10 Å². The van der Waals surface area contributed by atoms with Gasteiger partial charge in [0, 0.05) is 19.0 Å². The van der Waals surface area contributed by atoms with Crippen molar-refractivity contribution in [3.8, 4) is 5.75 Å². The molecule has 0 spiro atoms. The van der Waals surface area contributed by atoms with E-state index in [1.54, 1.807) is 0 Å². The standard InChI is InChI=1S/C16H23N3O2/c1-11(2)20-15-7-5-14(6-8-15)12(3)17-10-9-16-18-13(4)19-21-16/h5-8,11-12,17H,9-10H2,1-4H3. The molecule has 0 saturated heterocycles. The van der Waals surface area contributed by atoms with Crippen molar-refractivity contribution < 1.29 is 9.26 Å². The second-order valence-corrected chi connectivity index (χ2v) is 5.40. The Balaban J connectivity index is 1.81. The molecule has 1 heterocycles. The SMILES string of the molecule is Cc1noc(CCNC(C)c2ccc(OC(C)C)cc2)n1. The summed E-state index contributed by atoms with van der Waals surface area (Å²) < 4.78 is 10.7. The summed E-state index contributed by atoms with van der Waals surface area (Å²) in [6.45, 7) is 8.81. The van der Waals surface area contributed by atoms with Crippen LogP contribution in [0.15, 0.2) is 28.8 Å². The molecule has 0 saturated carbocycles.